The lowest BCUT2D eigenvalue weighted by Crippen LogP contribution is -2.39. The molecule has 2 aromatic rings. The van der Waals surface area contributed by atoms with Crippen LogP contribution in [0, 0.1) is 13.8 Å². The van der Waals surface area contributed by atoms with Gasteiger partial charge in [0.25, 0.3) is 6.47 Å². The smallest absolute Gasteiger partial charge is 0.290 e. The average Bonchev–Trinajstić information content (AvgIpc) is 2.88. The van der Waals surface area contributed by atoms with Crippen molar-refractivity contribution in [1.29, 1.82) is 0 Å². The van der Waals surface area contributed by atoms with Gasteiger partial charge in [0.15, 0.2) is 0 Å². The number of nitrogens with one attached hydrogen (secondary N) is 1. The van der Waals surface area contributed by atoms with Crippen LogP contribution >= 0.6 is 0 Å². The molecule has 0 unspecified atom stereocenters. The molecule has 1 aliphatic rings. The third-order valence-corrected chi connectivity index (χ3v) is 5.13. The van der Waals surface area contributed by atoms with Crippen LogP contribution in [0.2, 0.25) is 0 Å². The normalized spacial score (nSPS) is 15.6. The summed E-state index contributed by atoms with van der Waals surface area (Å²) < 4.78 is 0. The Morgan fingerprint density at radius 2 is 1.93 bits per heavy atom. The molecule has 8 nitrogen and oxygen atoms in total. The van der Waals surface area contributed by atoms with Crippen LogP contribution in [0.5, 0.6) is 0 Å². The van der Waals surface area contributed by atoms with Gasteiger partial charge >= 0.3 is 0 Å². The molecule has 1 aromatic carbocycles. The Balaban J connectivity index is 0.000000878. The summed E-state index contributed by atoms with van der Waals surface area (Å²) in [5.41, 5.74) is 4.49. The van der Waals surface area contributed by atoms with Crippen LogP contribution < -0.4 is 0 Å². The molecular formula is C20H31N5O3. The fraction of sp³-hybridized carbons (Fsp3) is 0.550. The summed E-state index contributed by atoms with van der Waals surface area (Å²) in [5, 5.41) is 6.89. The van der Waals surface area contributed by atoms with Crippen LogP contribution in [0.25, 0.3) is 11.0 Å². The summed E-state index contributed by atoms with van der Waals surface area (Å²) in [5.74, 6) is 0.990. The number of hydrogen-bond acceptors (Lipinski definition) is 5. The molecule has 1 aliphatic heterocycles. The topological polar surface area (TPSA) is 92.8 Å². The highest BCUT2D eigenvalue weighted by atomic mass is 16.3. The Morgan fingerprint density at radius 1 is 1.25 bits per heavy atom. The first-order valence-corrected chi connectivity index (χ1v) is 9.52. The molecule has 2 heterocycles. The number of fused-ring (bicyclic) bond motifs is 1. The predicted molar refractivity (Wildman–Crippen MR) is 109 cm³/mol. The largest absolute Gasteiger partial charge is 0.483 e. The zero-order chi connectivity index (χ0) is 20.7. The number of carbonyl (C=O) groups excluding carboxylic acids is 1. The first kappa shape index (κ1) is 21.8. The quantitative estimate of drug-likeness (QED) is 0.770. The van der Waals surface area contributed by atoms with Gasteiger partial charge in [-0.3, -0.25) is 14.5 Å². The van der Waals surface area contributed by atoms with E-state index >= 15 is 0 Å². The number of carbonyl (C=O) groups is 2. The minimum atomic E-state index is -0.250. The van der Waals surface area contributed by atoms with Crippen LogP contribution in [0.3, 0.4) is 0 Å². The minimum Gasteiger partial charge on any atom is -0.483 e. The average molecular weight is 390 g/mol. The molecule has 8 heteroatoms. The van der Waals surface area contributed by atoms with E-state index in [9.17, 15) is 4.79 Å². The Morgan fingerprint density at radius 3 is 2.64 bits per heavy atom. The van der Waals surface area contributed by atoms with E-state index in [1.165, 1.54) is 11.1 Å². The number of carboxylic acid groups (broad SMARTS) is 1. The summed E-state index contributed by atoms with van der Waals surface area (Å²) in [6.07, 6.45) is 1.12. The van der Waals surface area contributed by atoms with Gasteiger partial charge in [-0.2, -0.15) is 0 Å². The molecule has 154 valence electrons. The molecule has 0 spiro atoms. The molecule has 1 saturated heterocycles. The Labute approximate surface area is 166 Å². The molecule has 0 aliphatic carbocycles. The van der Waals surface area contributed by atoms with Gasteiger partial charge in [-0.25, -0.2) is 4.98 Å². The highest BCUT2D eigenvalue weighted by Gasteiger charge is 2.18. The van der Waals surface area contributed by atoms with Gasteiger partial charge in [0.2, 0.25) is 5.91 Å². The maximum atomic E-state index is 12.6. The minimum absolute atomic E-state index is 0.150. The lowest BCUT2D eigenvalue weighted by molar-refractivity contribution is -0.131. The van der Waals surface area contributed by atoms with E-state index in [1.807, 2.05) is 7.05 Å². The second-order valence-corrected chi connectivity index (χ2v) is 7.43. The summed E-state index contributed by atoms with van der Waals surface area (Å²) in [7, 11) is 4.00. The molecule has 1 aromatic heterocycles. The number of aromatic nitrogens is 2. The van der Waals surface area contributed by atoms with Crippen molar-refractivity contribution in [2.75, 3.05) is 46.8 Å². The van der Waals surface area contributed by atoms with E-state index in [2.05, 4.69) is 52.8 Å². The molecule has 0 saturated carbocycles. The lowest BCUT2D eigenvalue weighted by atomic mass is 10.1. The Hall–Kier alpha value is -2.45. The zero-order valence-corrected chi connectivity index (χ0v) is 17.2. The van der Waals surface area contributed by atoms with Crippen LogP contribution in [0.1, 0.15) is 23.4 Å². The molecule has 0 bridgehead atoms. The highest BCUT2D eigenvalue weighted by Crippen LogP contribution is 2.17. The number of imidazole rings is 1. The first-order valence-electron chi connectivity index (χ1n) is 9.52. The number of hydrogen-bond donors (Lipinski definition) is 2. The van der Waals surface area contributed by atoms with Gasteiger partial charge in [-0.05, 0) is 63.7 Å². The SMILES string of the molecule is Cc1cc2nc(CN(C)C(=O)CN3CCCN(C)CC3)[nH]c2cc1C.O=CO. The summed E-state index contributed by atoms with van der Waals surface area (Å²) in [6, 6.07) is 4.22. The van der Waals surface area contributed by atoms with Crippen LogP contribution in [0.4, 0.5) is 0 Å². The van der Waals surface area contributed by atoms with E-state index in [-0.39, 0.29) is 12.4 Å². The Kier molecular flexibility index (Phi) is 7.95. The number of aromatic amines is 1. The number of amides is 1. The van der Waals surface area contributed by atoms with E-state index in [1.54, 1.807) is 4.90 Å². The van der Waals surface area contributed by atoms with Crippen molar-refractivity contribution >= 4 is 23.4 Å². The van der Waals surface area contributed by atoms with Crippen LogP contribution in [-0.2, 0) is 16.1 Å². The van der Waals surface area contributed by atoms with E-state index in [4.69, 9.17) is 9.90 Å². The Bertz CT molecular complexity index is 765. The molecule has 0 atom stereocenters. The summed E-state index contributed by atoms with van der Waals surface area (Å²) in [4.78, 5) is 35.3. The van der Waals surface area contributed by atoms with Gasteiger partial charge in [-0.15, -0.1) is 0 Å². The number of rotatable bonds is 4. The fourth-order valence-electron chi connectivity index (χ4n) is 3.28. The van der Waals surface area contributed by atoms with Crippen LogP contribution in [-0.4, -0.2) is 89.0 Å². The molecular weight excluding hydrogens is 358 g/mol. The number of likely N-dealkylation sites (N-methyl/N-ethyl adjacent to an activating group) is 2. The van der Waals surface area contributed by atoms with E-state index in [0.29, 0.717) is 13.1 Å². The van der Waals surface area contributed by atoms with Gasteiger partial charge in [0, 0.05) is 20.1 Å². The molecule has 1 fully saturated rings. The highest BCUT2D eigenvalue weighted by molar-refractivity contribution is 5.79. The molecule has 28 heavy (non-hydrogen) atoms. The van der Waals surface area contributed by atoms with Crippen LogP contribution in [0.15, 0.2) is 12.1 Å². The third-order valence-electron chi connectivity index (χ3n) is 5.13. The van der Waals surface area contributed by atoms with E-state index in [0.717, 1.165) is 49.5 Å². The van der Waals surface area contributed by atoms with Crippen molar-refractivity contribution in [2.45, 2.75) is 26.8 Å². The van der Waals surface area contributed by atoms with Gasteiger partial charge in [-0.1, -0.05) is 0 Å². The molecule has 0 radical (unpaired) electrons. The molecule has 3 rings (SSSR count). The van der Waals surface area contributed by atoms with Gasteiger partial charge in [0.1, 0.15) is 5.82 Å². The number of H-pyrrole nitrogens is 1. The van der Waals surface area contributed by atoms with Crippen molar-refractivity contribution in [1.82, 2.24) is 24.7 Å². The van der Waals surface area contributed by atoms with E-state index < -0.39 is 0 Å². The summed E-state index contributed by atoms with van der Waals surface area (Å²) >= 11 is 0. The standard InChI is InChI=1S/C19H29N5O.CH2O2/c1-14-10-16-17(11-15(14)2)21-18(20-16)12-23(4)19(25)13-24-7-5-6-22(3)8-9-24;2-1-3/h10-11H,5-9,12-13H2,1-4H3,(H,20,21);1H,(H,2,3). The summed E-state index contributed by atoms with van der Waals surface area (Å²) in [6.45, 7) is 9.03. The van der Waals surface area contributed by atoms with Crippen molar-refractivity contribution in [2.24, 2.45) is 0 Å². The van der Waals surface area contributed by atoms with Crippen molar-refractivity contribution < 1.29 is 14.7 Å². The second-order valence-electron chi connectivity index (χ2n) is 7.43. The van der Waals surface area contributed by atoms with Gasteiger partial charge < -0.3 is 19.9 Å². The first-order chi connectivity index (χ1) is 13.3. The maximum absolute atomic E-state index is 12.6. The maximum Gasteiger partial charge on any atom is 0.290 e. The lowest BCUT2D eigenvalue weighted by Gasteiger charge is -2.23. The number of benzene rings is 1. The molecule has 2 N–H and O–H groups in total. The van der Waals surface area contributed by atoms with Crippen molar-refractivity contribution in [3.8, 4) is 0 Å². The van der Waals surface area contributed by atoms with Crippen molar-refractivity contribution in [3.63, 3.8) is 0 Å². The van der Waals surface area contributed by atoms with Crippen molar-refractivity contribution in [3.05, 3.63) is 29.1 Å². The molecule has 1 amide bonds. The fourth-order valence-corrected chi connectivity index (χ4v) is 3.28. The number of nitrogens with zero attached hydrogens (tertiary/aromatic N) is 4. The zero-order valence-electron chi connectivity index (χ0n) is 17.2. The second kappa shape index (κ2) is 10.2. The monoisotopic (exact) mass is 389 g/mol. The van der Waals surface area contributed by atoms with Gasteiger partial charge in [0.05, 0.1) is 24.1 Å². The third kappa shape index (κ3) is 6.03. The number of aryl methyl sites for hydroxylation is 2. The predicted octanol–water partition coefficient (Wildman–Crippen LogP) is 1.48.